The van der Waals surface area contributed by atoms with E-state index in [-0.39, 0.29) is 11.9 Å². The van der Waals surface area contributed by atoms with Crippen molar-refractivity contribution in [1.82, 2.24) is 25.7 Å². The van der Waals surface area contributed by atoms with Gasteiger partial charge >= 0.3 is 0 Å². The van der Waals surface area contributed by atoms with E-state index in [1.807, 2.05) is 20.8 Å². The molecule has 2 rings (SSSR count). The van der Waals surface area contributed by atoms with Crippen LogP contribution >= 0.6 is 0 Å². The van der Waals surface area contributed by atoms with Gasteiger partial charge in [0.05, 0.1) is 11.7 Å². The number of carbonyl (C=O) groups excluding carboxylic acids is 1. The van der Waals surface area contributed by atoms with Crippen molar-refractivity contribution in [1.29, 1.82) is 0 Å². The molecule has 0 radical (unpaired) electrons. The molecule has 1 amide bonds. The van der Waals surface area contributed by atoms with Crippen LogP contribution in [0.1, 0.15) is 40.4 Å². The minimum absolute atomic E-state index is 0.0930. The van der Waals surface area contributed by atoms with E-state index >= 15 is 0 Å². The van der Waals surface area contributed by atoms with Crippen molar-refractivity contribution in [2.75, 3.05) is 0 Å². The van der Waals surface area contributed by atoms with Crippen molar-refractivity contribution in [2.45, 2.75) is 26.8 Å². The lowest BCUT2D eigenvalue weighted by atomic mass is 10.1. The van der Waals surface area contributed by atoms with Crippen LogP contribution in [-0.4, -0.2) is 26.3 Å². The Morgan fingerprint density at radius 2 is 2.18 bits per heavy atom. The van der Waals surface area contributed by atoms with E-state index in [4.69, 9.17) is 0 Å². The molecule has 0 aliphatic carbocycles. The third kappa shape index (κ3) is 2.20. The highest BCUT2D eigenvalue weighted by Gasteiger charge is 2.17. The summed E-state index contributed by atoms with van der Waals surface area (Å²) in [6, 6.07) is 1.54. The Hall–Kier alpha value is -2.11. The summed E-state index contributed by atoms with van der Waals surface area (Å²) in [5, 5.41) is 16.3. The largest absolute Gasteiger partial charge is 0.344 e. The molecule has 2 aromatic heterocycles. The fraction of sp³-hybridized carbons (Fsp3) is 0.364. The van der Waals surface area contributed by atoms with Gasteiger partial charge < -0.3 is 5.32 Å². The second-order valence-corrected chi connectivity index (χ2v) is 4.01. The topological polar surface area (TPSA) is 86.5 Å². The van der Waals surface area contributed by atoms with Gasteiger partial charge in [0.15, 0.2) is 0 Å². The summed E-state index contributed by atoms with van der Waals surface area (Å²) < 4.78 is 0. The second-order valence-electron chi connectivity index (χ2n) is 4.01. The summed E-state index contributed by atoms with van der Waals surface area (Å²) in [6.07, 6.45) is 1.55. The number of H-pyrrole nitrogens is 2. The van der Waals surface area contributed by atoms with Crippen LogP contribution in [0.4, 0.5) is 0 Å². The molecular weight excluding hydrogens is 218 g/mol. The monoisotopic (exact) mass is 233 g/mol. The Bertz CT molecular complexity index is 494. The molecule has 17 heavy (non-hydrogen) atoms. The average molecular weight is 233 g/mol. The molecule has 0 saturated heterocycles. The molecule has 0 fully saturated rings. The predicted molar refractivity (Wildman–Crippen MR) is 62.5 cm³/mol. The van der Waals surface area contributed by atoms with Crippen LogP contribution in [-0.2, 0) is 0 Å². The number of aryl methyl sites for hydroxylation is 2. The summed E-state index contributed by atoms with van der Waals surface area (Å²) in [6.45, 7) is 5.78. The lowest BCUT2D eigenvalue weighted by Gasteiger charge is -2.13. The first kappa shape index (κ1) is 11.4. The minimum Gasteiger partial charge on any atom is -0.344 e. The Labute approximate surface area is 98.8 Å². The van der Waals surface area contributed by atoms with Gasteiger partial charge in [-0.3, -0.25) is 15.0 Å². The highest BCUT2D eigenvalue weighted by Crippen LogP contribution is 2.19. The number of hydrogen-bond donors (Lipinski definition) is 3. The normalized spacial score (nSPS) is 12.4. The van der Waals surface area contributed by atoms with Crippen molar-refractivity contribution in [3.63, 3.8) is 0 Å². The van der Waals surface area contributed by atoms with Gasteiger partial charge in [-0.2, -0.15) is 10.2 Å². The van der Waals surface area contributed by atoms with E-state index in [1.54, 1.807) is 12.3 Å². The Morgan fingerprint density at radius 3 is 2.71 bits per heavy atom. The minimum atomic E-state index is -0.171. The zero-order valence-corrected chi connectivity index (χ0v) is 10.0. The number of aromatic nitrogens is 4. The van der Waals surface area contributed by atoms with Gasteiger partial charge in [0.25, 0.3) is 5.91 Å². The molecule has 0 aliphatic rings. The average Bonchev–Trinajstić information content (AvgIpc) is 2.88. The van der Waals surface area contributed by atoms with Crippen LogP contribution < -0.4 is 5.32 Å². The lowest BCUT2D eigenvalue weighted by Crippen LogP contribution is -2.27. The van der Waals surface area contributed by atoms with Crippen LogP contribution in [0.5, 0.6) is 0 Å². The molecule has 2 aromatic rings. The van der Waals surface area contributed by atoms with Crippen LogP contribution in [0.2, 0.25) is 0 Å². The Balaban J connectivity index is 2.12. The summed E-state index contributed by atoms with van der Waals surface area (Å²) in [5.41, 5.74) is 3.35. The first-order valence-corrected chi connectivity index (χ1v) is 5.41. The van der Waals surface area contributed by atoms with Crippen LogP contribution in [0.15, 0.2) is 12.3 Å². The number of nitrogens with one attached hydrogen (secondary N) is 3. The molecule has 0 bridgehead atoms. The molecule has 0 aromatic carbocycles. The first-order valence-electron chi connectivity index (χ1n) is 5.41. The molecule has 6 nitrogen and oxygen atoms in total. The fourth-order valence-electron chi connectivity index (χ4n) is 1.93. The van der Waals surface area contributed by atoms with Gasteiger partial charge in [0, 0.05) is 17.5 Å². The van der Waals surface area contributed by atoms with Crippen LogP contribution in [0.3, 0.4) is 0 Å². The Morgan fingerprint density at radius 1 is 1.41 bits per heavy atom. The third-order valence-electron chi connectivity index (χ3n) is 2.71. The van der Waals surface area contributed by atoms with Gasteiger partial charge in [-0.1, -0.05) is 0 Å². The standard InChI is InChI=1S/C11H15N5O/c1-6(10-7(2)14-15-8(10)3)13-11(17)9-4-5-12-16-9/h4-6H,1-3H3,(H,12,16)(H,13,17)(H,14,15)/t6-/m1/s1. The molecule has 6 heteroatoms. The first-order chi connectivity index (χ1) is 8.09. The number of amides is 1. The molecule has 0 aliphatic heterocycles. The molecule has 90 valence electrons. The van der Waals surface area contributed by atoms with E-state index in [0.717, 1.165) is 17.0 Å². The number of nitrogens with zero attached hydrogens (tertiary/aromatic N) is 2. The van der Waals surface area contributed by atoms with Gasteiger partial charge in [0.2, 0.25) is 0 Å². The highest BCUT2D eigenvalue weighted by atomic mass is 16.2. The van der Waals surface area contributed by atoms with Gasteiger partial charge in [-0.25, -0.2) is 0 Å². The summed E-state index contributed by atoms with van der Waals surface area (Å²) in [7, 11) is 0. The maximum atomic E-state index is 11.8. The number of carbonyl (C=O) groups is 1. The zero-order valence-electron chi connectivity index (χ0n) is 10.0. The Kier molecular flexibility index (Phi) is 2.95. The summed E-state index contributed by atoms with van der Waals surface area (Å²) in [5.74, 6) is -0.171. The number of aromatic amines is 2. The quantitative estimate of drug-likeness (QED) is 0.745. The van der Waals surface area contributed by atoms with Gasteiger partial charge in [-0.05, 0) is 26.8 Å². The smallest absolute Gasteiger partial charge is 0.269 e. The van der Waals surface area contributed by atoms with Gasteiger partial charge in [0.1, 0.15) is 5.69 Å². The molecule has 1 atom stereocenters. The number of rotatable bonds is 3. The van der Waals surface area contributed by atoms with Crippen molar-refractivity contribution in [3.8, 4) is 0 Å². The molecule has 2 heterocycles. The maximum absolute atomic E-state index is 11.8. The molecule has 3 N–H and O–H groups in total. The third-order valence-corrected chi connectivity index (χ3v) is 2.71. The maximum Gasteiger partial charge on any atom is 0.269 e. The molecule has 0 spiro atoms. The van der Waals surface area contributed by atoms with E-state index in [9.17, 15) is 4.79 Å². The van der Waals surface area contributed by atoms with Crippen molar-refractivity contribution >= 4 is 5.91 Å². The molecule has 0 unspecified atom stereocenters. The van der Waals surface area contributed by atoms with Crippen molar-refractivity contribution in [2.24, 2.45) is 0 Å². The van der Waals surface area contributed by atoms with E-state index < -0.39 is 0 Å². The van der Waals surface area contributed by atoms with E-state index in [0.29, 0.717) is 5.69 Å². The molecule has 0 saturated carbocycles. The van der Waals surface area contributed by atoms with Crippen molar-refractivity contribution in [3.05, 3.63) is 34.9 Å². The SMILES string of the molecule is Cc1n[nH]c(C)c1[C@@H](C)NC(=O)c1ccn[nH]1. The fourth-order valence-corrected chi connectivity index (χ4v) is 1.93. The van der Waals surface area contributed by atoms with E-state index in [2.05, 4.69) is 25.7 Å². The predicted octanol–water partition coefficient (Wildman–Crippen LogP) is 1.24. The summed E-state index contributed by atoms with van der Waals surface area (Å²) >= 11 is 0. The van der Waals surface area contributed by atoms with Crippen molar-refractivity contribution < 1.29 is 4.79 Å². The lowest BCUT2D eigenvalue weighted by molar-refractivity contribution is 0.0934. The molecular formula is C11H15N5O. The second kappa shape index (κ2) is 4.40. The van der Waals surface area contributed by atoms with E-state index in [1.165, 1.54) is 0 Å². The van der Waals surface area contributed by atoms with Crippen LogP contribution in [0.25, 0.3) is 0 Å². The van der Waals surface area contributed by atoms with Crippen LogP contribution in [0, 0.1) is 13.8 Å². The van der Waals surface area contributed by atoms with Gasteiger partial charge in [-0.15, -0.1) is 0 Å². The number of hydrogen-bond acceptors (Lipinski definition) is 3. The summed E-state index contributed by atoms with van der Waals surface area (Å²) in [4.78, 5) is 11.8. The highest BCUT2D eigenvalue weighted by molar-refractivity contribution is 5.92. The zero-order chi connectivity index (χ0) is 12.4.